The average molecular weight is 314 g/mol. The van der Waals surface area contributed by atoms with Crippen LogP contribution in [0.3, 0.4) is 0 Å². The first kappa shape index (κ1) is 12.0. The van der Waals surface area contributed by atoms with Gasteiger partial charge in [-0.1, -0.05) is 58.0 Å². The predicted molar refractivity (Wildman–Crippen MR) is 63.7 cm³/mol. The van der Waals surface area contributed by atoms with Gasteiger partial charge >= 0.3 is 0 Å². The lowest BCUT2D eigenvalue weighted by molar-refractivity contribution is 0.0101. The lowest BCUT2D eigenvalue weighted by Crippen LogP contribution is -2.37. The van der Waals surface area contributed by atoms with Crippen molar-refractivity contribution in [1.29, 1.82) is 0 Å². The van der Waals surface area contributed by atoms with Gasteiger partial charge in [-0.05, 0) is 19.3 Å². The molecule has 0 radical (unpaired) electrons. The van der Waals surface area contributed by atoms with Crippen molar-refractivity contribution in [3.8, 4) is 0 Å². The Morgan fingerprint density at radius 3 is 2.77 bits per heavy atom. The predicted octanol–water partition coefficient (Wildman–Crippen LogP) is 4.23. The number of unbranched alkanes of at least 4 members (excludes halogenated alkanes) is 2. The lowest BCUT2D eigenvalue weighted by atomic mass is 10.0. The van der Waals surface area contributed by atoms with E-state index in [1.54, 1.807) is 0 Å². The molecule has 0 N–H and O–H groups in total. The fraction of sp³-hybridized carbons (Fsp3) is 1.00. The Balaban J connectivity index is 2.29. The molecule has 1 saturated heterocycles. The van der Waals surface area contributed by atoms with Gasteiger partial charge in [-0.3, -0.25) is 0 Å². The third kappa shape index (κ3) is 3.88. The quantitative estimate of drug-likeness (QED) is 0.557. The highest BCUT2D eigenvalue weighted by molar-refractivity contribution is 9.25. The molecule has 1 aliphatic rings. The first-order valence-corrected chi connectivity index (χ1v) is 6.75. The van der Waals surface area contributed by atoms with Gasteiger partial charge in [0.2, 0.25) is 0 Å². The number of rotatable bonds is 4. The van der Waals surface area contributed by atoms with Crippen molar-refractivity contribution in [3.63, 3.8) is 0 Å². The van der Waals surface area contributed by atoms with Gasteiger partial charge in [0, 0.05) is 6.61 Å². The maximum absolute atomic E-state index is 5.75. The summed E-state index contributed by atoms with van der Waals surface area (Å²) in [6.45, 7) is 3.16. The Hall–Kier alpha value is 0.920. The van der Waals surface area contributed by atoms with Crippen molar-refractivity contribution in [2.45, 2.75) is 54.8 Å². The van der Waals surface area contributed by atoms with Gasteiger partial charge in [0.15, 0.2) is 0 Å². The second kappa shape index (κ2) is 5.72. The van der Waals surface area contributed by atoms with Crippen LogP contribution in [0.4, 0.5) is 0 Å². The average Bonchev–Trinajstić information content (AvgIpc) is 2.08. The minimum absolute atomic E-state index is 0.0476. The minimum atomic E-state index is 0.0476. The standard InChI is InChI=1S/C10H18Br2O/c1-2-3-4-6-9-10(11,12)7-5-8-13-9/h9H,2-8H2,1H3. The summed E-state index contributed by atoms with van der Waals surface area (Å²) in [5, 5.41) is 0. The van der Waals surface area contributed by atoms with Gasteiger partial charge in [-0.2, -0.15) is 0 Å². The zero-order valence-electron chi connectivity index (χ0n) is 8.19. The fourth-order valence-corrected chi connectivity index (χ4v) is 2.97. The maximum atomic E-state index is 5.75. The van der Waals surface area contributed by atoms with Gasteiger partial charge in [-0.15, -0.1) is 0 Å². The molecule has 1 aliphatic heterocycles. The third-order valence-electron chi connectivity index (χ3n) is 2.51. The molecular formula is C10H18Br2O. The molecule has 13 heavy (non-hydrogen) atoms. The van der Waals surface area contributed by atoms with Crippen LogP contribution in [0.5, 0.6) is 0 Å². The zero-order chi connectivity index (χ0) is 9.73. The zero-order valence-corrected chi connectivity index (χ0v) is 11.4. The smallest absolute Gasteiger partial charge is 0.107 e. The summed E-state index contributed by atoms with van der Waals surface area (Å²) >= 11 is 7.41. The molecule has 1 unspecified atom stereocenters. The number of alkyl halides is 2. The second-order valence-electron chi connectivity index (χ2n) is 3.72. The van der Waals surface area contributed by atoms with E-state index in [4.69, 9.17) is 4.74 Å². The Labute approximate surface area is 97.9 Å². The highest BCUT2D eigenvalue weighted by Crippen LogP contribution is 2.41. The molecular weight excluding hydrogens is 296 g/mol. The molecule has 0 aromatic heterocycles. The van der Waals surface area contributed by atoms with Crippen LogP contribution in [-0.2, 0) is 4.74 Å². The summed E-state index contributed by atoms with van der Waals surface area (Å²) in [5.41, 5.74) is 0. The van der Waals surface area contributed by atoms with Crippen LogP contribution in [0.15, 0.2) is 0 Å². The van der Waals surface area contributed by atoms with Gasteiger partial charge in [0.05, 0.1) is 6.10 Å². The van der Waals surface area contributed by atoms with Crippen molar-refractivity contribution < 1.29 is 4.74 Å². The molecule has 1 rings (SSSR count). The van der Waals surface area contributed by atoms with Crippen LogP contribution in [-0.4, -0.2) is 15.9 Å². The molecule has 3 heteroatoms. The number of ether oxygens (including phenoxy) is 1. The Morgan fingerprint density at radius 1 is 1.38 bits per heavy atom. The van der Waals surface area contributed by atoms with Crippen LogP contribution in [0, 0.1) is 0 Å². The second-order valence-corrected chi connectivity index (χ2v) is 7.61. The number of hydrogen-bond donors (Lipinski definition) is 0. The van der Waals surface area contributed by atoms with Crippen molar-refractivity contribution >= 4 is 31.9 Å². The minimum Gasteiger partial charge on any atom is -0.376 e. The summed E-state index contributed by atoms with van der Waals surface area (Å²) in [4.78, 5) is 0. The van der Waals surface area contributed by atoms with Crippen molar-refractivity contribution in [2.24, 2.45) is 0 Å². The number of hydrogen-bond acceptors (Lipinski definition) is 1. The fourth-order valence-electron chi connectivity index (χ4n) is 1.69. The Kier molecular flexibility index (Phi) is 5.27. The van der Waals surface area contributed by atoms with Crippen LogP contribution < -0.4 is 0 Å². The van der Waals surface area contributed by atoms with E-state index >= 15 is 0 Å². The van der Waals surface area contributed by atoms with Gasteiger partial charge < -0.3 is 4.74 Å². The molecule has 0 aromatic carbocycles. The summed E-state index contributed by atoms with van der Waals surface area (Å²) in [7, 11) is 0. The molecule has 1 atom stereocenters. The van der Waals surface area contributed by atoms with Crippen LogP contribution in [0.25, 0.3) is 0 Å². The molecule has 0 amide bonds. The SMILES string of the molecule is CCCCCC1OCCCC1(Br)Br. The summed E-state index contributed by atoms with van der Waals surface area (Å²) in [5.74, 6) is 0. The van der Waals surface area contributed by atoms with Crippen LogP contribution >= 0.6 is 31.9 Å². The summed E-state index contributed by atoms with van der Waals surface area (Å²) in [6.07, 6.45) is 7.72. The van der Waals surface area contributed by atoms with E-state index in [1.807, 2.05) is 0 Å². The maximum Gasteiger partial charge on any atom is 0.107 e. The molecule has 0 saturated carbocycles. The van der Waals surface area contributed by atoms with E-state index in [0.717, 1.165) is 13.0 Å². The number of halogens is 2. The van der Waals surface area contributed by atoms with E-state index in [-0.39, 0.29) is 3.23 Å². The molecule has 0 aromatic rings. The first-order valence-electron chi connectivity index (χ1n) is 5.16. The highest BCUT2D eigenvalue weighted by Gasteiger charge is 2.36. The van der Waals surface area contributed by atoms with Gasteiger partial charge in [0.25, 0.3) is 0 Å². The first-order chi connectivity index (χ1) is 6.17. The summed E-state index contributed by atoms with van der Waals surface area (Å²) in [6, 6.07) is 0. The monoisotopic (exact) mass is 312 g/mol. The molecule has 1 nitrogen and oxygen atoms in total. The van der Waals surface area contributed by atoms with E-state index in [9.17, 15) is 0 Å². The topological polar surface area (TPSA) is 9.23 Å². The molecule has 0 aliphatic carbocycles. The Bertz CT molecular complexity index is 148. The third-order valence-corrected chi connectivity index (χ3v) is 4.33. The lowest BCUT2D eigenvalue weighted by Gasteiger charge is -2.35. The molecule has 1 fully saturated rings. The van der Waals surface area contributed by atoms with Crippen LogP contribution in [0.2, 0.25) is 0 Å². The van der Waals surface area contributed by atoms with Gasteiger partial charge in [-0.25, -0.2) is 0 Å². The molecule has 78 valence electrons. The highest BCUT2D eigenvalue weighted by atomic mass is 79.9. The molecule has 1 heterocycles. The van der Waals surface area contributed by atoms with E-state index in [2.05, 4.69) is 38.8 Å². The van der Waals surface area contributed by atoms with E-state index in [1.165, 1.54) is 32.1 Å². The van der Waals surface area contributed by atoms with Gasteiger partial charge in [0.1, 0.15) is 3.23 Å². The van der Waals surface area contributed by atoms with Crippen molar-refractivity contribution in [3.05, 3.63) is 0 Å². The largest absolute Gasteiger partial charge is 0.376 e. The summed E-state index contributed by atoms with van der Waals surface area (Å²) < 4.78 is 5.79. The van der Waals surface area contributed by atoms with E-state index in [0.29, 0.717) is 6.10 Å². The molecule has 0 spiro atoms. The normalized spacial score (nSPS) is 27.5. The van der Waals surface area contributed by atoms with E-state index < -0.39 is 0 Å². The van der Waals surface area contributed by atoms with Crippen molar-refractivity contribution in [2.75, 3.05) is 6.61 Å². The Morgan fingerprint density at radius 2 is 2.15 bits per heavy atom. The van der Waals surface area contributed by atoms with Crippen LogP contribution in [0.1, 0.15) is 45.4 Å². The van der Waals surface area contributed by atoms with Crippen molar-refractivity contribution in [1.82, 2.24) is 0 Å². The molecule has 0 bridgehead atoms.